The van der Waals surface area contributed by atoms with Gasteiger partial charge < -0.3 is 4.74 Å². The molecule has 2 unspecified atom stereocenters. The van der Waals surface area contributed by atoms with E-state index in [1.54, 1.807) is 24.3 Å². The molecule has 0 bridgehead atoms. The van der Waals surface area contributed by atoms with Gasteiger partial charge in [-0.15, -0.1) is 0 Å². The average Bonchev–Trinajstić information content (AvgIpc) is 3.10. The van der Waals surface area contributed by atoms with Crippen LogP contribution in [0.2, 0.25) is 0 Å². The number of ether oxygens (including phenoxy) is 1. The first-order chi connectivity index (χ1) is 13.3. The molecule has 2 atom stereocenters. The summed E-state index contributed by atoms with van der Waals surface area (Å²) in [6, 6.07) is 10.9. The Morgan fingerprint density at radius 1 is 1.04 bits per heavy atom. The third-order valence-corrected chi connectivity index (χ3v) is 6.74. The normalized spacial score (nSPS) is 23.0. The van der Waals surface area contributed by atoms with E-state index in [2.05, 4.69) is 0 Å². The van der Waals surface area contributed by atoms with Crippen molar-refractivity contribution in [1.29, 1.82) is 0 Å². The molecular formula is C18H17N3O6S. The van der Waals surface area contributed by atoms with Crippen LogP contribution in [0, 0.1) is 10.1 Å². The molecule has 2 aliphatic heterocycles. The van der Waals surface area contributed by atoms with Gasteiger partial charge in [-0.05, 0) is 24.3 Å². The number of sulfone groups is 1. The molecular weight excluding hydrogens is 386 g/mol. The fourth-order valence-corrected chi connectivity index (χ4v) is 5.72. The van der Waals surface area contributed by atoms with Crippen molar-refractivity contribution >= 4 is 32.9 Å². The highest BCUT2D eigenvalue weighted by atomic mass is 32.2. The number of carbonyl (C=O) groups is 1. The molecule has 2 aromatic rings. The molecule has 2 heterocycles. The van der Waals surface area contributed by atoms with Gasteiger partial charge in [0.1, 0.15) is 5.75 Å². The van der Waals surface area contributed by atoms with Crippen LogP contribution in [0.3, 0.4) is 0 Å². The Hall–Kier alpha value is -3.14. The molecule has 0 spiro atoms. The number of anilines is 2. The minimum Gasteiger partial charge on any atom is -0.497 e. The Labute approximate surface area is 161 Å². The highest BCUT2D eigenvalue weighted by molar-refractivity contribution is 7.91. The van der Waals surface area contributed by atoms with Crippen LogP contribution in [0.25, 0.3) is 0 Å². The van der Waals surface area contributed by atoms with Crippen LogP contribution < -0.4 is 14.5 Å². The molecule has 0 radical (unpaired) electrons. The zero-order valence-corrected chi connectivity index (χ0v) is 15.7. The fraction of sp³-hybridized carbons (Fsp3) is 0.278. The lowest BCUT2D eigenvalue weighted by Gasteiger charge is -2.23. The van der Waals surface area contributed by atoms with Crippen molar-refractivity contribution < 1.29 is 22.9 Å². The molecule has 0 aliphatic carbocycles. The number of hydrogen-bond donors (Lipinski definition) is 0. The van der Waals surface area contributed by atoms with Crippen molar-refractivity contribution in [2.75, 3.05) is 28.4 Å². The Morgan fingerprint density at radius 3 is 2.21 bits per heavy atom. The van der Waals surface area contributed by atoms with Gasteiger partial charge in [0.05, 0.1) is 35.6 Å². The zero-order valence-electron chi connectivity index (χ0n) is 14.9. The van der Waals surface area contributed by atoms with E-state index in [0.717, 1.165) is 0 Å². The number of urea groups is 1. The van der Waals surface area contributed by atoms with Gasteiger partial charge in [-0.1, -0.05) is 6.07 Å². The van der Waals surface area contributed by atoms with Crippen LogP contribution in [0.5, 0.6) is 5.75 Å². The van der Waals surface area contributed by atoms with E-state index in [0.29, 0.717) is 17.1 Å². The van der Waals surface area contributed by atoms with Crippen molar-refractivity contribution in [2.45, 2.75) is 12.1 Å². The summed E-state index contributed by atoms with van der Waals surface area (Å²) in [4.78, 5) is 26.5. The van der Waals surface area contributed by atoms with Crippen LogP contribution in [-0.2, 0) is 9.84 Å². The monoisotopic (exact) mass is 403 g/mol. The van der Waals surface area contributed by atoms with E-state index in [-0.39, 0.29) is 23.2 Å². The summed E-state index contributed by atoms with van der Waals surface area (Å²) in [6.45, 7) is 0. The first-order valence-corrected chi connectivity index (χ1v) is 10.3. The highest BCUT2D eigenvalue weighted by Gasteiger charge is 2.54. The van der Waals surface area contributed by atoms with Crippen molar-refractivity contribution in [3.8, 4) is 5.75 Å². The van der Waals surface area contributed by atoms with Crippen LogP contribution >= 0.6 is 0 Å². The Balaban J connectivity index is 1.77. The van der Waals surface area contributed by atoms with Gasteiger partial charge >= 0.3 is 6.03 Å². The highest BCUT2D eigenvalue weighted by Crippen LogP contribution is 2.39. The van der Waals surface area contributed by atoms with Crippen molar-refractivity contribution in [3.63, 3.8) is 0 Å². The number of fused-ring (bicyclic) bond motifs is 1. The molecule has 2 saturated heterocycles. The van der Waals surface area contributed by atoms with Gasteiger partial charge in [0.25, 0.3) is 5.69 Å². The predicted octanol–water partition coefficient (Wildman–Crippen LogP) is 2.22. The minimum atomic E-state index is -3.32. The van der Waals surface area contributed by atoms with Crippen molar-refractivity contribution in [1.82, 2.24) is 0 Å². The maximum Gasteiger partial charge on any atom is 0.329 e. The first-order valence-electron chi connectivity index (χ1n) is 8.52. The van der Waals surface area contributed by atoms with Gasteiger partial charge in [0.15, 0.2) is 9.84 Å². The number of rotatable bonds is 4. The number of hydrogen-bond acceptors (Lipinski definition) is 6. The molecule has 2 aliphatic rings. The molecule has 2 fully saturated rings. The topological polar surface area (TPSA) is 110 Å². The molecule has 146 valence electrons. The molecule has 28 heavy (non-hydrogen) atoms. The summed E-state index contributed by atoms with van der Waals surface area (Å²) in [7, 11) is -1.81. The van der Waals surface area contributed by atoms with E-state index >= 15 is 0 Å². The van der Waals surface area contributed by atoms with E-state index in [9.17, 15) is 23.3 Å². The smallest absolute Gasteiger partial charge is 0.329 e. The summed E-state index contributed by atoms with van der Waals surface area (Å²) in [6.07, 6.45) is 0. The Kier molecular flexibility index (Phi) is 4.22. The van der Waals surface area contributed by atoms with Gasteiger partial charge in [-0.3, -0.25) is 19.9 Å². The Bertz CT molecular complexity index is 1050. The number of nitrogens with zero attached hydrogens (tertiary/aromatic N) is 3. The maximum atomic E-state index is 13.2. The number of methoxy groups -OCH3 is 1. The van der Waals surface area contributed by atoms with Crippen molar-refractivity contribution in [2.24, 2.45) is 0 Å². The van der Waals surface area contributed by atoms with Crippen molar-refractivity contribution in [3.05, 3.63) is 58.6 Å². The summed E-state index contributed by atoms with van der Waals surface area (Å²) in [5.41, 5.74) is 0.865. The van der Waals surface area contributed by atoms with Crippen LogP contribution in [0.1, 0.15) is 0 Å². The first kappa shape index (κ1) is 18.2. The van der Waals surface area contributed by atoms with E-state index in [1.807, 2.05) is 0 Å². The third-order valence-electron chi connectivity index (χ3n) is 5.04. The summed E-state index contributed by atoms with van der Waals surface area (Å²) >= 11 is 0. The van der Waals surface area contributed by atoms with E-state index in [4.69, 9.17) is 4.74 Å². The number of benzene rings is 2. The quantitative estimate of drug-likeness (QED) is 0.440. The number of nitro benzene ring substituents is 1. The second kappa shape index (κ2) is 6.48. The molecule has 2 amide bonds. The fourth-order valence-electron chi connectivity index (χ4n) is 3.80. The Morgan fingerprint density at radius 2 is 1.64 bits per heavy atom. The van der Waals surface area contributed by atoms with Crippen LogP contribution in [-0.4, -0.2) is 50.1 Å². The lowest BCUT2D eigenvalue weighted by molar-refractivity contribution is -0.384. The average molecular weight is 403 g/mol. The van der Waals surface area contributed by atoms with E-state index < -0.39 is 26.8 Å². The number of nitro groups is 1. The molecule has 0 N–H and O–H groups in total. The largest absolute Gasteiger partial charge is 0.497 e. The number of non-ortho nitro benzene ring substituents is 1. The standard InChI is InChI=1S/C18H17N3O6S/c1-27-15-4-2-3-14(9-15)20-17-11-28(25,26)10-16(17)19(18(20)22)12-5-7-13(8-6-12)21(23)24/h2-9,16-17H,10-11H2,1H3. The summed E-state index contributed by atoms with van der Waals surface area (Å²) < 4.78 is 29.8. The third kappa shape index (κ3) is 2.95. The SMILES string of the molecule is COc1cccc(N2C(=O)N(c3ccc([N+](=O)[O-])cc3)C3CS(=O)(=O)CC32)c1. The molecule has 0 aromatic heterocycles. The number of amides is 2. The molecule has 10 heteroatoms. The number of carbonyl (C=O) groups excluding carboxylic acids is 1. The second-order valence-corrected chi connectivity index (χ2v) is 8.86. The lowest BCUT2D eigenvalue weighted by atomic mass is 10.1. The summed E-state index contributed by atoms with van der Waals surface area (Å²) in [5.74, 6) is 0.266. The van der Waals surface area contributed by atoms with E-state index in [1.165, 1.54) is 41.2 Å². The van der Waals surface area contributed by atoms with Gasteiger partial charge in [0.2, 0.25) is 0 Å². The zero-order chi connectivity index (χ0) is 20.1. The minimum absolute atomic E-state index is 0.101. The molecule has 9 nitrogen and oxygen atoms in total. The molecule has 4 rings (SSSR count). The second-order valence-electron chi connectivity index (χ2n) is 6.71. The predicted molar refractivity (Wildman–Crippen MR) is 103 cm³/mol. The molecule has 2 aromatic carbocycles. The van der Waals surface area contributed by atoms with Gasteiger partial charge in [0, 0.05) is 29.6 Å². The summed E-state index contributed by atoms with van der Waals surface area (Å²) in [5, 5.41) is 10.9. The molecule has 0 saturated carbocycles. The van der Waals surface area contributed by atoms with Crippen LogP contribution in [0.15, 0.2) is 48.5 Å². The van der Waals surface area contributed by atoms with Gasteiger partial charge in [-0.25, -0.2) is 13.2 Å². The maximum absolute atomic E-state index is 13.2. The van der Waals surface area contributed by atoms with Gasteiger partial charge in [-0.2, -0.15) is 0 Å². The lowest BCUT2D eigenvalue weighted by Crippen LogP contribution is -2.37. The van der Waals surface area contributed by atoms with Crippen LogP contribution in [0.4, 0.5) is 21.9 Å².